The average Bonchev–Trinajstić information content (AvgIpc) is 2.99. The zero-order chi connectivity index (χ0) is 21.3. The fourth-order valence-corrected chi connectivity index (χ4v) is 4.43. The molecule has 0 bridgehead atoms. The van der Waals surface area contributed by atoms with E-state index >= 15 is 0 Å². The monoisotopic (exact) mass is 415 g/mol. The predicted molar refractivity (Wildman–Crippen MR) is 112 cm³/mol. The number of amides is 2. The summed E-state index contributed by atoms with van der Waals surface area (Å²) in [4.78, 5) is 39.0. The Kier molecular flexibility index (Phi) is 6.03. The van der Waals surface area contributed by atoms with Crippen LogP contribution in [0.4, 0.5) is 0 Å². The fourth-order valence-electron chi connectivity index (χ4n) is 4.43. The SMILES string of the molecule is Cn1c(=O)n(C2CCC(=O)NC2=O)c2ccc(CCCN3CCO[C@H](CN)C3)cc21. The highest BCUT2D eigenvalue weighted by Crippen LogP contribution is 2.24. The van der Waals surface area contributed by atoms with Gasteiger partial charge in [0.1, 0.15) is 6.04 Å². The Morgan fingerprint density at radius 2 is 2.07 bits per heavy atom. The molecule has 2 saturated heterocycles. The maximum atomic E-state index is 12.8. The van der Waals surface area contributed by atoms with Crippen LogP contribution >= 0.6 is 0 Å². The number of nitrogens with two attached hydrogens (primary N) is 1. The molecule has 0 saturated carbocycles. The van der Waals surface area contributed by atoms with Gasteiger partial charge in [0.05, 0.1) is 23.7 Å². The van der Waals surface area contributed by atoms with Crippen molar-refractivity contribution in [2.45, 2.75) is 37.8 Å². The number of aryl methyl sites for hydroxylation is 2. The number of hydrogen-bond donors (Lipinski definition) is 2. The second-order valence-electron chi connectivity index (χ2n) is 8.13. The van der Waals surface area contributed by atoms with Crippen molar-refractivity contribution in [1.29, 1.82) is 0 Å². The summed E-state index contributed by atoms with van der Waals surface area (Å²) in [6, 6.07) is 5.31. The molecule has 0 aliphatic carbocycles. The Hall–Kier alpha value is -2.49. The molecular weight excluding hydrogens is 386 g/mol. The van der Waals surface area contributed by atoms with E-state index in [2.05, 4.69) is 10.2 Å². The second-order valence-corrected chi connectivity index (χ2v) is 8.13. The van der Waals surface area contributed by atoms with Gasteiger partial charge in [-0.1, -0.05) is 6.07 Å². The van der Waals surface area contributed by atoms with Crippen molar-refractivity contribution in [2.24, 2.45) is 12.8 Å². The smallest absolute Gasteiger partial charge is 0.329 e. The predicted octanol–water partition coefficient (Wildman–Crippen LogP) is -0.0902. The fraction of sp³-hybridized carbons (Fsp3) is 0.571. The van der Waals surface area contributed by atoms with Gasteiger partial charge in [-0.05, 0) is 43.5 Å². The van der Waals surface area contributed by atoms with Gasteiger partial charge in [0.25, 0.3) is 0 Å². The normalized spacial score (nSPS) is 23.1. The van der Waals surface area contributed by atoms with Crippen LogP contribution in [0.3, 0.4) is 0 Å². The van der Waals surface area contributed by atoms with E-state index in [1.165, 1.54) is 4.57 Å². The first-order chi connectivity index (χ1) is 14.5. The first-order valence-electron chi connectivity index (χ1n) is 10.6. The zero-order valence-corrected chi connectivity index (χ0v) is 17.3. The molecule has 1 aromatic carbocycles. The molecule has 2 aliphatic rings. The minimum absolute atomic E-state index is 0.122. The van der Waals surface area contributed by atoms with Crippen LogP contribution in [-0.4, -0.2) is 64.7 Å². The van der Waals surface area contributed by atoms with E-state index in [4.69, 9.17) is 10.5 Å². The Balaban J connectivity index is 1.48. The number of imide groups is 1. The van der Waals surface area contributed by atoms with E-state index in [0.29, 0.717) is 13.0 Å². The quantitative estimate of drug-likeness (QED) is 0.638. The Bertz CT molecular complexity index is 1010. The number of carbonyl (C=O) groups excluding carboxylic acids is 2. The maximum absolute atomic E-state index is 12.8. The molecule has 0 spiro atoms. The van der Waals surface area contributed by atoms with E-state index < -0.39 is 11.9 Å². The summed E-state index contributed by atoms with van der Waals surface area (Å²) in [5.41, 5.74) is 8.15. The third-order valence-corrected chi connectivity index (χ3v) is 6.10. The number of ether oxygens (including phenoxy) is 1. The summed E-state index contributed by atoms with van der Waals surface area (Å²) in [5, 5.41) is 2.34. The standard InChI is InChI=1S/C21H29N5O4/c1-24-18-11-14(3-2-8-25-9-10-30-15(12-22)13-25)4-5-16(18)26(21(24)29)17-6-7-19(27)23-20(17)28/h4-5,11,15,17H,2-3,6-10,12-13,22H2,1H3,(H,23,27,28)/t15-,17?/m1/s1. The molecule has 162 valence electrons. The number of aromatic nitrogens is 2. The maximum Gasteiger partial charge on any atom is 0.329 e. The third-order valence-electron chi connectivity index (χ3n) is 6.10. The van der Waals surface area contributed by atoms with Crippen molar-refractivity contribution in [3.05, 3.63) is 34.2 Å². The largest absolute Gasteiger partial charge is 0.374 e. The first-order valence-corrected chi connectivity index (χ1v) is 10.6. The van der Waals surface area contributed by atoms with Crippen LogP contribution < -0.4 is 16.7 Å². The molecule has 2 aliphatic heterocycles. The van der Waals surface area contributed by atoms with Crippen molar-refractivity contribution in [1.82, 2.24) is 19.4 Å². The lowest BCUT2D eigenvalue weighted by molar-refractivity contribution is -0.135. The molecule has 1 unspecified atom stereocenters. The lowest BCUT2D eigenvalue weighted by Crippen LogP contribution is -2.45. The van der Waals surface area contributed by atoms with Gasteiger partial charge in [0, 0.05) is 33.1 Å². The summed E-state index contributed by atoms with van der Waals surface area (Å²) in [6.45, 7) is 4.06. The van der Waals surface area contributed by atoms with Crippen LogP contribution in [0.2, 0.25) is 0 Å². The molecule has 2 aromatic rings. The van der Waals surface area contributed by atoms with Crippen molar-refractivity contribution < 1.29 is 14.3 Å². The lowest BCUT2D eigenvalue weighted by atomic mass is 10.0. The number of carbonyl (C=O) groups is 2. The summed E-state index contributed by atoms with van der Waals surface area (Å²) in [5.74, 6) is -0.698. The number of fused-ring (bicyclic) bond motifs is 1. The summed E-state index contributed by atoms with van der Waals surface area (Å²) in [7, 11) is 1.72. The van der Waals surface area contributed by atoms with Gasteiger partial charge in [-0.25, -0.2) is 4.79 Å². The van der Waals surface area contributed by atoms with Crippen LogP contribution in [0.15, 0.2) is 23.0 Å². The molecule has 9 heteroatoms. The number of rotatable bonds is 6. The van der Waals surface area contributed by atoms with Gasteiger partial charge in [0.15, 0.2) is 0 Å². The minimum Gasteiger partial charge on any atom is -0.374 e. The number of morpholine rings is 1. The molecule has 3 N–H and O–H groups in total. The minimum atomic E-state index is -0.651. The van der Waals surface area contributed by atoms with Gasteiger partial charge < -0.3 is 10.5 Å². The molecule has 3 heterocycles. The van der Waals surface area contributed by atoms with E-state index in [1.807, 2.05) is 18.2 Å². The van der Waals surface area contributed by atoms with Crippen molar-refractivity contribution >= 4 is 22.8 Å². The molecule has 30 heavy (non-hydrogen) atoms. The number of nitrogens with one attached hydrogen (secondary N) is 1. The highest BCUT2D eigenvalue weighted by molar-refractivity contribution is 6.00. The second kappa shape index (κ2) is 8.71. The lowest BCUT2D eigenvalue weighted by Gasteiger charge is -2.32. The Morgan fingerprint density at radius 1 is 1.23 bits per heavy atom. The number of benzene rings is 1. The van der Waals surface area contributed by atoms with E-state index in [9.17, 15) is 14.4 Å². The van der Waals surface area contributed by atoms with E-state index in [-0.39, 0.29) is 24.1 Å². The van der Waals surface area contributed by atoms with Crippen molar-refractivity contribution in [3.63, 3.8) is 0 Å². The van der Waals surface area contributed by atoms with Crippen LogP contribution in [-0.2, 0) is 27.8 Å². The van der Waals surface area contributed by atoms with Gasteiger partial charge in [-0.3, -0.25) is 28.9 Å². The van der Waals surface area contributed by atoms with Crippen LogP contribution in [0.25, 0.3) is 11.0 Å². The molecule has 9 nitrogen and oxygen atoms in total. The van der Waals surface area contributed by atoms with Crippen LogP contribution in [0.1, 0.15) is 30.9 Å². The van der Waals surface area contributed by atoms with E-state index in [1.54, 1.807) is 11.6 Å². The average molecular weight is 415 g/mol. The van der Waals surface area contributed by atoms with Gasteiger partial charge >= 0.3 is 5.69 Å². The molecule has 4 rings (SSSR count). The number of hydrogen-bond acceptors (Lipinski definition) is 6. The Labute approximate surface area is 174 Å². The number of piperidine rings is 1. The third kappa shape index (κ3) is 4.05. The molecule has 0 radical (unpaired) electrons. The highest BCUT2D eigenvalue weighted by Gasteiger charge is 2.31. The van der Waals surface area contributed by atoms with Gasteiger partial charge in [-0.15, -0.1) is 0 Å². The van der Waals surface area contributed by atoms with Crippen molar-refractivity contribution in [2.75, 3.05) is 32.8 Å². The van der Waals surface area contributed by atoms with Crippen LogP contribution in [0.5, 0.6) is 0 Å². The molecule has 2 fully saturated rings. The molecule has 1 aromatic heterocycles. The topological polar surface area (TPSA) is 112 Å². The summed E-state index contributed by atoms with van der Waals surface area (Å²) < 4.78 is 8.71. The number of imidazole rings is 1. The first kappa shape index (κ1) is 20.8. The zero-order valence-electron chi connectivity index (χ0n) is 17.3. The van der Waals surface area contributed by atoms with E-state index in [0.717, 1.165) is 55.7 Å². The molecule has 2 amide bonds. The summed E-state index contributed by atoms with van der Waals surface area (Å²) >= 11 is 0. The molecule has 2 atom stereocenters. The summed E-state index contributed by atoms with van der Waals surface area (Å²) in [6.07, 6.45) is 2.61. The van der Waals surface area contributed by atoms with Gasteiger partial charge in [-0.2, -0.15) is 0 Å². The molecular formula is C21H29N5O4. The highest BCUT2D eigenvalue weighted by atomic mass is 16.5. The van der Waals surface area contributed by atoms with Crippen LogP contribution in [0, 0.1) is 0 Å². The van der Waals surface area contributed by atoms with Gasteiger partial charge in [0.2, 0.25) is 11.8 Å². The van der Waals surface area contributed by atoms with Crippen molar-refractivity contribution in [3.8, 4) is 0 Å². The Morgan fingerprint density at radius 3 is 2.83 bits per heavy atom. The number of nitrogens with zero attached hydrogens (tertiary/aromatic N) is 3.